The van der Waals surface area contributed by atoms with E-state index >= 15 is 0 Å². The molecule has 0 saturated carbocycles. The normalized spacial score (nSPS) is 17.8. The van der Waals surface area contributed by atoms with Crippen molar-refractivity contribution in [2.75, 3.05) is 12.4 Å². The van der Waals surface area contributed by atoms with Crippen LogP contribution in [0.3, 0.4) is 0 Å². The zero-order chi connectivity index (χ0) is 18.0. The van der Waals surface area contributed by atoms with E-state index in [2.05, 4.69) is 49.6 Å². The zero-order valence-corrected chi connectivity index (χ0v) is 15.9. The number of methoxy groups -OCH3 is 1. The summed E-state index contributed by atoms with van der Waals surface area (Å²) in [5.74, 6) is 1.72. The van der Waals surface area contributed by atoms with Crippen molar-refractivity contribution >= 4 is 23.0 Å². The van der Waals surface area contributed by atoms with Gasteiger partial charge in [-0.25, -0.2) is 0 Å². The van der Waals surface area contributed by atoms with Crippen molar-refractivity contribution in [2.24, 2.45) is 0 Å². The molecule has 0 fully saturated rings. The van der Waals surface area contributed by atoms with E-state index in [0.717, 1.165) is 29.2 Å². The number of rotatable bonds is 3. The van der Waals surface area contributed by atoms with Gasteiger partial charge in [-0.1, -0.05) is 18.2 Å². The fourth-order valence-electron chi connectivity index (χ4n) is 3.11. The Morgan fingerprint density at radius 2 is 2.04 bits per heavy atom. The van der Waals surface area contributed by atoms with E-state index in [4.69, 9.17) is 21.7 Å². The first-order valence-electron chi connectivity index (χ1n) is 8.37. The third-order valence-corrected chi connectivity index (χ3v) is 4.48. The maximum absolute atomic E-state index is 6.14. The van der Waals surface area contributed by atoms with Crippen molar-refractivity contribution in [1.82, 2.24) is 5.32 Å². The van der Waals surface area contributed by atoms with Gasteiger partial charge in [0.25, 0.3) is 0 Å². The summed E-state index contributed by atoms with van der Waals surface area (Å²) in [4.78, 5) is 0. The number of thiocarbonyl (C=S) groups is 1. The number of ether oxygens (including phenoxy) is 2. The van der Waals surface area contributed by atoms with E-state index < -0.39 is 0 Å². The van der Waals surface area contributed by atoms with Gasteiger partial charge in [-0.15, -0.1) is 0 Å². The Kier molecular flexibility index (Phi) is 4.86. The minimum absolute atomic E-state index is 0.102. The number of anilines is 1. The summed E-state index contributed by atoms with van der Waals surface area (Å²) in [7, 11) is 1.65. The molecule has 2 N–H and O–H groups in total. The van der Waals surface area contributed by atoms with E-state index in [1.807, 2.05) is 24.3 Å². The third kappa shape index (κ3) is 4.23. The second kappa shape index (κ2) is 6.92. The first-order valence-corrected chi connectivity index (χ1v) is 8.78. The Balaban J connectivity index is 1.76. The SMILES string of the molecule is COc1cccc(NC(=S)N[C@H]2CC(C)(C)Oc3cc(C)ccc32)c1. The van der Waals surface area contributed by atoms with E-state index in [0.29, 0.717) is 5.11 Å². The highest BCUT2D eigenvalue weighted by Gasteiger charge is 2.34. The second-order valence-corrected chi connectivity index (χ2v) is 7.40. The summed E-state index contributed by atoms with van der Waals surface area (Å²) in [6.07, 6.45) is 0.836. The first-order chi connectivity index (χ1) is 11.9. The van der Waals surface area contributed by atoms with Crippen LogP contribution in [-0.2, 0) is 0 Å². The lowest BCUT2D eigenvalue weighted by Crippen LogP contribution is -2.42. The average Bonchev–Trinajstić information content (AvgIpc) is 2.53. The third-order valence-electron chi connectivity index (χ3n) is 4.26. The molecular weight excluding hydrogens is 332 g/mol. The number of fused-ring (bicyclic) bond motifs is 1. The number of hydrogen-bond donors (Lipinski definition) is 2. The van der Waals surface area contributed by atoms with E-state index in [9.17, 15) is 0 Å². The quantitative estimate of drug-likeness (QED) is 0.787. The van der Waals surface area contributed by atoms with Crippen LogP contribution in [0.15, 0.2) is 42.5 Å². The lowest BCUT2D eigenvalue weighted by molar-refractivity contribution is 0.0696. The highest BCUT2D eigenvalue weighted by molar-refractivity contribution is 7.80. The van der Waals surface area contributed by atoms with Gasteiger partial charge >= 0.3 is 0 Å². The Bertz CT molecular complexity index is 789. The van der Waals surface area contributed by atoms with Gasteiger partial charge in [0.05, 0.1) is 13.2 Å². The zero-order valence-electron chi connectivity index (χ0n) is 15.1. The van der Waals surface area contributed by atoms with E-state index in [1.54, 1.807) is 7.11 Å². The molecule has 3 rings (SSSR count). The summed E-state index contributed by atoms with van der Waals surface area (Å²) < 4.78 is 11.4. The van der Waals surface area contributed by atoms with Crippen LogP contribution in [0.5, 0.6) is 11.5 Å². The second-order valence-electron chi connectivity index (χ2n) is 6.99. The van der Waals surface area contributed by atoms with Gasteiger partial charge in [0.1, 0.15) is 17.1 Å². The monoisotopic (exact) mass is 356 g/mol. The maximum atomic E-state index is 6.14. The van der Waals surface area contributed by atoms with Crippen LogP contribution in [0.2, 0.25) is 0 Å². The average molecular weight is 356 g/mol. The standard InChI is InChI=1S/C20H24N2O2S/c1-13-8-9-16-17(12-20(2,3)24-18(16)10-13)22-19(25)21-14-6-5-7-15(11-14)23-4/h5-11,17H,12H2,1-4H3,(H2,21,22,25)/t17-/m0/s1. The Hall–Kier alpha value is -2.27. The summed E-state index contributed by atoms with van der Waals surface area (Å²) in [5, 5.41) is 7.25. The molecule has 5 heteroatoms. The maximum Gasteiger partial charge on any atom is 0.171 e. The molecular formula is C20H24N2O2S. The summed E-state index contributed by atoms with van der Waals surface area (Å²) in [5.41, 5.74) is 2.98. The van der Waals surface area contributed by atoms with Crippen molar-refractivity contribution in [3.63, 3.8) is 0 Å². The molecule has 0 aromatic heterocycles. The van der Waals surface area contributed by atoms with Crippen molar-refractivity contribution < 1.29 is 9.47 Å². The van der Waals surface area contributed by atoms with Gasteiger partial charge < -0.3 is 20.1 Å². The predicted molar refractivity (Wildman–Crippen MR) is 106 cm³/mol. The van der Waals surface area contributed by atoms with Crippen LogP contribution in [0.25, 0.3) is 0 Å². The highest BCUT2D eigenvalue weighted by atomic mass is 32.1. The van der Waals surface area contributed by atoms with Crippen LogP contribution in [0.4, 0.5) is 5.69 Å². The van der Waals surface area contributed by atoms with Gasteiger partial charge in [-0.2, -0.15) is 0 Å². The molecule has 0 radical (unpaired) electrons. The molecule has 1 heterocycles. The van der Waals surface area contributed by atoms with Crippen LogP contribution >= 0.6 is 12.2 Å². The Morgan fingerprint density at radius 3 is 2.80 bits per heavy atom. The summed E-state index contributed by atoms with van der Waals surface area (Å²) in [6, 6.07) is 14.1. The predicted octanol–water partition coefficient (Wildman–Crippen LogP) is 4.59. The molecule has 4 nitrogen and oxygen atoms in total. The number of aryl methyl sites for hydroxylation is 1. The van der Waals surface area contributed by atoms with Crippen LogP contribution in [0, 0.1) is 6.92 Å². The number of nitrogens with one attached hydrogen (secondary N) is 2. The fraction of sp³-hybridized carbons (Fsp3) is 0.350. The van der Waals surface area contributed by atoms with Crippen molar-refractivity contribution in [1.29, 1.82) is 0 Å². The molecule has 0 unspecified atom stereocenters. The molecule has 1 aliphatic rings. The number of benzene rings is 2. The largest absolute Gasteiger partial charge is 0.497 e. The minimum Gasteiger partial charge on any atom is -0.497 e. The first kappa shape index (κ1) is 17.5. The highest BCUT2D eigenvalue weighted by Crippen LogP contribution is 2.39. The molecule has 1 aliphatic heterocycles. The van der Waals surface area contributed by atoms with E-state index in [-0.39, 0.29) is 11.6 Å². The Morgan fingerprint density at radius 1 is 1.24 bits per heavy atom. The molecule has 2 aromatic rings. The lowest BCUT2D eigenvalue weighted by atomic mass is 9.89. The molecule has 0 bridgehead atoms. The van der Waals surface area contributed by atoms with E-state index in [1.165, 1.54) is 5.56 Å². The number of hydrogen-bond acceptors (Lipinski definition) is 3. The lowest BCUT2D eigenvalue weighted by Gasteiger charge is -2.38. The molecule has 25 heavy (non-hydrogen) atoms. The van der Waals surface area contributed by atoms with Crippen molar-refractivity contribution in [3.8, 4) is 11.5 Å². The smallest absolute Gasteiger partial charge is 0.171 e. The molecule has 0 aliphatic carbocycles. The van der Waals surface area contributed by atoms with Gasteiger partial charge in [-0.05, 0) is 56.8 Å². The van der Waals surface area contributed by atoms with Crippen LogP contribution in [0.1, 0.15) is 37.4 Å². The topological polar surface area (TPSA) is 42.5 Å². The van der Waals surface area contributed by atoms with Gasteiger partial charge in [0.2, 0.25) is 0 Å². The molecule has 132 valence electrons. The van der Waals surface area contributed by atoms with Crippen LogP contribution < -0.4 is 20.1 Å². The summed E-state index contributed by atoms with van der Waals surface area (Å²) in [6.45, 7) is 6.28. The summed E-state index contributed by atoms with van der Waals surface area (Å²) >= 11 is 5.52. The van der Waals surface area contributed by atoms with Gasteiger partial charge in [0, 0.05) is 23.7 Å². The van der Waals surface area contributed by atoms with Crippen LogP contribution in [-0.4, -0.2) is 17.8 Å². The Labute approximate surface area is 154 Å². The fourth-order valence-corrected chi connectivity index (χ4v) is 3.37. The van der Waals surface area contributed by atoms with Crippen molar-refractivity contribution in [3.05, 3.63) is 53.6 Å². The van der Waals surface area contributed by atoms with Crippen molar-refractivity contribution in [2.45, 2.75) is 38.8 Å². The van der Waals surface area contributed by atoms with Gasteiger partial charge in [-0.3, -0.25) is 0 Å². The molecule has 1 atom stereocenters. The minimum atomic E-state index is -0.246. The molecule has 0 spiro atoms. The molecule has 0 saturated heterocycles. The van der Waals surface area contributed by atoms with Gasteiger partial charge in [0.15, 0.2) is 5.11 Å². The molecule has 0 amide bonds. The molecule has 2 aromatic carbocycles.